The summed E-state index contributed by atoms with van der Waals surface area (Å²) in [6.07, 6.45) is 5.30. The highest BCUT2D eigenvalue weighted by Crippen LogP contribution is 2.38. The molecule has 2 heterocycles. The summed E-state index contributed by atoms with van der Waals surface area (Å²) >= 11 is 0. The van der Waals surface area contributed by atoms with Crippen molar-refractivity contribution in [3.05, 3.63) is 53.1 Å². The molecule has 3 nitrogen and oxygen atoms in total. The Bertz CT molecular complexity index is 686. The molecule has 116 valence electrons. The average Bonchev–Trinajstić information content (AvgIpc) is 3.26. The maximum Gasteiger partial charge on any atom is 0.130 e. The monoisotopic (exact) mass is 303 g/mol. The van der Waals surface area contributed by atoms with Crippen molar-refractivity contribution in [2.24, 2.45) is 0 Å². The fraction of sp³-hybridized carbons (Fsp3) is 0.471. The molecule has 1 aromatic heterocycles. The van der Waals surface area contributed by atoms with E-state index < -0.39 is 11.6 Å². The lowest BCUT2D eigenvalue weighted by atomic mass is 10.0. The van der Waals surface area contributed by atoms with Crippen molar-refractivity contribution in [2.75, 3.05) is 6.54 Å². The molecule has 4 rings (SSSR count). The molecule has 2 aliphatic rings. The fourth-order valence-electron chi connectivity index (χ4n) is 3.44. The number of nitrogens with zero attached hydrogens (tertiary/aromatic N) is 3. The summed E-state index contributed by atoms with van der Waals surface area (Å²) in [6.45, 7) is 3.33. The third kappa shape index (κ3) is 2.24. The van der Waals surface area contributed by atoms with Crippen molar-refractivity contribution >= 4 is 0 Å². The first kappa shape index (κ1) is 13.9. The fourth-order valence-corrected chi connectivity index (χ4v) is 3.44. The predicted octanol–water partition coefficient (Wildman–Crippen LogP) is 3.62. The molecule has 0 N–H and O–H groups in total. The van der Waals surface area contributed by atoms with Crippen molar-refractivity contribution in [1.82, 2.24) is 14.5 Å². The molecule has 1 unspecified atom stereocenters. The molecule has 0 radical (unpaired) electrons. The summed E-state index contributed by atoms with van der Waals surface area (Å²) < 4.78 is 30.3. The molecule has 1 aliphatic carbocycles. The normalized spacial score (nSPS) is 20.0. The molecule has 0 amide bonds. The first-order valence-corrected chi connectivity index (χ1v) is 7.87. The van der Waals surface area contributed by atoms with E-state index >= 15 is 0 Å². The maximum absolute atomic E-state index is 14.0. The van der Waals surface area contributed by atoms with E-state index in [-0.39, 0.29) is 11.6 Å². The smallest absolute Gasteiger partial charge is 0.130 e. The molecule has 1 saturated carbocycles. The zero-order valence-corrected chi connectivity index (χ0v) is 12.6. The second-order valence-corrected chi connectivity index (χ2v) is 6.31. The standard InChI is InChI=1S/C17H19F2N3/c1-11(17-13(18)3-2-4-14(17)19)21-8-7-16-15(9-21)20-10-22(16)12-5-6-12/h2-4,10-12H,5-9H2,1H3. The Labute approximate surface area is 128 Å². The Kier molecular flexibility index (Phi) is 3.26. The van der Waals surface area contributed by atoms with Crippen molar-refractivity contribution in [3.8, 4) is 0 Å². The minimum atomic E-state index is -0.471. The van der Waals surface area contributed by atoms with Gasteiger partial charge in [0.1, 0.15) is 11.6 Å². The number of rotatable bonds is 3. The topological polar surface area (TPSA) is 21.1 Å². The number of hydrogen-bond donors (Lipinski definition) is 0. The van der Waals surface area contributed by atoms with Gasteiger partial charge in [-0.1, -0.05) is 6.07 Å². The molecule has 22 heavy (non-hydrogen) atoms. The molecule has 5 heteroatoms. The molecule has 1 aliphatic heterocycles. The van der Waals surface area contributed by atoms with Crippen LogP contribution in [-0.4, -0.2) is 21.0 Å². The van der Waals surface area contributed by atoms with Crippen molar-refractivity contribution in [3.63, 3.8) is 0 Å². The second-order valence-electron chi connectivity index (χ2n) is 6.31. The molecular formula is C17H19F2N3. The number of fused-ring (bicyclic) bond motifs is 1. The zero-order chi connectivity index (χ0) is 15.3. The Morgan fingerprint density at radius 1 is 1.23 bits per heavy atom. The summed E-state index contributed by atoms with van der Waals surface area (Å²) in [4.78, 5) is 6.63. The van der Waals surface area contributed by atoms with Gasteiger partial charge in [0.15, 0.2) is 0 Å². The third-order valence-corrected chi connectivity index (χ3v) is 4.88. The zero-order valence-electron chi connectivity index (χ0n) is 12.6. The van der Waals surface area contributed by atoms with E-state index in [1.807, 2.05) is 13.3 Å². The predicted molar refractivity (Wildman–Crippen MR) is 79.4 cm³/mol. The van der Waals surface area contributed by atoms with Crippen molar-refractivity contribution < 1.29 is 8.78 Å². The van der Waals surface area contributed by atoms with Crippen LogP contribution in [0.2, 0.25) is 0 Å². The van der Waals surface area contributed by atoms with Crippen LogP contribution in [0.1, 0.15) is 48.8 Å². The van der Waals surface area contributed by atoms with Gasteiger partial charge in [-0.2, -0.15) is 0 Å². The van der Waals surface area contributed by atoms with Crippen LogP contribution in [0.4, 0.5) is 8.78 Å². The van der Waals surface area contributed by atoms with Gasteiger partial charge in [0, 0.05) is 42.9 Å². The van der Waals surface area contributed by atoms with Crippen LogP contribution in [0.5, 0.6) is 0 Å². The minimum absolute atomic E-state index is 0.160. The van der Waals surface area contributed by atoms with Crippen LogP contribution in [0.3, 0.4) is 0 Å². The lowest BCUT2D eigenvalue weighted by Gasteiger charge is -2.32. The van der Waals surface area contributed by atoms with E-state index in [1.54, 1.807) is 0 Å². The molecule has 0 spiro atoms. The van der Waals surface area contributed by atoms with E-state index in [1.165, 1.54) is 36.7 Å². The lowest BCUT2D eigenvalue weighted by molar-refractivity contribution is 0.180. The van der Waals surface area contributed by atoms with E-state index in [0.717, 1.165) is 18.7 Å². The summed E-state index contributed by atoms with van der Waals surface area (Å²) in [5.74, 6) is -0.941. The number of imidazole rings is 1. The van der Waals surface area contributed by atoms with Crippen LogP contribution >= 0.6 is 0 Å². The van der Waals surface area contributed by atoms with Gasteiger partial charge < -0.3 is 4.57 Å². The quantitative estimate of drug-likeness (QED) is 0.863. The average molecular weight is 303 g/mol. The molecule has 0 saturated heterocycles. The SMILES string of the molecule is CC(c1c(F)cccc1F)N1CCc2c(ncn2C2CC2)C1. The summed E-state index contributed by atoms with van der Waals surface area (Å²) in [6, 6.07) is 4.40. The summed E-state index contributed by atoms with van der Waals surface area (Å²) in [7, 11) is 0. The highest BCUT2D eigenvalue weighted by atomic mass is 19.1. The molecular weight excluding hydrogens is 284 g/mol. The van der Waals surface area contributed by atoms with Gasteiger partial charge in [0.05, 0.1) is 12.0 Å². The Hall–Kier alpha value is -1.75. The van der Waals surface area contributed by atoms with Gasteiger partial charge >= 0.3 is 0 Å². The summed E-state index contributed by atoms with van der Waals surface area (Å²) in [5.41, 5.74) is 2.52. The Morgan fingerprint density at radius 3 is 2.64 bits per heavy atom. The summed E-state index contributed by atoms with van der Waals surface area (Å²) in [5, 5.41) is 0. The molecule has 1 aromatic carbocycles. The minimum Gasteiger partial charge on any atom is -0.331 e. The molecule has 2 aromatic rings. The molecule has 1 atom stereocenters. The number of halogens is 2. The highest BCUT2D eigenvalue weighted by molar-refractivity contribution is 5.25. The first-order chi connectivity index (χ1) is 10.6. The molecule has 1 fully saturated rings. The van der Waals surface area contributed by atoms with Crippen molar-refractivity contribution in [1.29, 1.82) is 0 Å². The number of hydrogen-bond acceptors (Lipinski definition) is 2. The van der Waals surface area contributed by atoms with Crippen LogP contribution < -0.4 is 0 Å². The van der Waals surface area contributed by atoms with Crippen molar-refractivity contribution in [2.45, 2.75) is 44.8 Å². The van der Waals surface area contributed by atoms with Crippen LogP contribution in [0.25, 0.3) is 0 Å². The van der Waals surface area contributed by atoms with Crippen LogP contribution in [0.15, 0.2) is 24.5 Å². The van der Waals surface area contributed by atoms with Gasteiger partial charge in [0.25, 0.3) is 0 Å². The lowest BCUT2D eigenvalue weighted by Crippen LogP contribution is -2.34. The van der Waals surface area contributed by atoms with Crippen LogP contribution in [0, 0.1) is 11.6 Å². The number of aromatic nitrogens is 2. The van der Waals surface area contributed by atoms with Gasteiger partial charge in [-0.25, -0.2) is 13.8 Å². The first-order valence-electron chi connectivity index (χ1n) is 7.87. The van der Waals surface area contributed by atoms with E-state index in [4.69, 9.17) is 0 Å². The Balaban J connectivity index is 1.59. The van der Waals surface area contributed by atoms with Gasteiger partial charge in [-0.3, -0.25) is 4.90 Å². The number of benzene rings is 1. The van der Waals surface area contributed by atoms with Gasteiger partial charge in [0.2, 0.25) is 0 Å². The maximum atomic E-state index is 14.0. The van der Waals surface area contributed by atoms with Crippen LogP contribution in [-0.2, 0) is 13.0 Å². The highest BCUT2D eigenvalue weighted by Gasteiger charge is 2.31. The largest absolute Gasteiger partial charge is 0.331 e. The van der Waals surface area contributed by atoms with E-state index in [2.05, 4.69) is 14.5 Å². The molecule has 0 bridgehead atoms. The van der Waals surface area contributed by atoms with E-state index in [0.29, 0.717) is 12.6 Å². The third-order valence-electron chi connectivity index (χ3n) is 4.88. The Morgan fingerprint density at radius 2 is 1.95 bits per heavy atom. The second kappa shape index (κ2) is 5.16. The van der Waals surface area contributed by atoms with Gasteiger partial charge in [-0.15, -0.1) is 0 Å². The van der Waals surface area contributed by atoms with Gasteiger partial charge in [-0.05, 0) is 31.9 Å². The van der Waals surface area contributed by atoms with E-state index in [9.17, 15) is 8.78 Å².